The molecule has 0 bridgehead atoms. The Labute approximate surface area is 713 Å². The predicted octanol–water partition coefficient (Wildman–Crippen LogP) is 23.2. The van der Waals surface area contributed by atoms with E-state index in [1.807, 2.05) is 114 Å². The van der Waals surface area contributed by atoms with E-state index in [1.165, 1.54) is 119 Å². The van der Waals surface area contributed by atoms with Gasteiger partial charge in [-0.25, -0.2) is 13.4 Å². The highest BCUT2D eigenvalue weighted by Crippen LogP contribution is 2.39. The molecule has 0 spiro atoms. The Morgan fingerprint density at radius 2 is 0.932 bits per heavy atom. The van der Waals surface area contributed by atoms with Crippen LogP contribution in [0.15, 0.2) is 175 Å². The Hall–Kier alpha value is -9.16. The second-order valence-corrected chi connectivity index (χ2v) is 41.6. The van der Waals surface area contributed by atoms with Gasteiger partial charge in [0, 0.05) is 138 Å². The summed E-state index contributed by atoms with van der Waals surface area (Å²) in [5.41, 5.74) is 21.9. The van der Waals surface area contributed by atoms with Crippen molar-refractivity contribution in [3.8, 4) is 0 Å². The average Bonchev–Trinajstić information content (AvgIpc) is 1.21. The van der Waals surface area contributed by atoms with Crippen LogP contribution in [-0.2, 0) is 92.4 Å². The van der Waals surface area contributed by atoms with Gasteiger partial charge in [0.2, 0.25) is 27.7 Å². The Morgan fingerprint density at radius 3 is 1.47 bits per heavy atom. The Balaban J connectivity index is 0.000000241. The molecule has 3 aliphatic rings. The molecule has 0 saturated carbocycles. The van der Waals surface area contributed by atoms with Crippen molar-refractivity contribution in [3.63, 3.8) is 0 Å². The quantitative estimate of drug-likeness (QED) is 0.124. The number of rotatable bonds is 6. The second kappa shape index (κ2) is 42.2. The van der Waals surface area contributed by atoms with Crippen molar-refractivity contribution >= 4 is 72.9 Å². The smallest absolute Gasteiger partial charge is 0.243 e. The minimum absolute atomic E-state index is 0.0262. The van der Waals surface area contributed by atoms with Crippen LogP contribution in [0.3, 0.4) is 0 Å². The summed E-state index contributed by atoms with van der Waals surface area (Å²) in [6.07, 6.45) is 10.8. The van der Waals surface area contributed by atoms with Crippen molar-refractivity contribution in [2.75, 3.05) is 91.6 Å². The highest BCUT2D eigenvalue weighted by molar-refractivity contribution is 7.89. The van der Waals surface area contributed by atoms with Crippen LogP contribution in [0.25, 0.3) is 10.9 Å². The maximum Gasteiger partial charge on any atom is 0.243 e. The van der Waals surface area contributed by atoms with Gasteiger partial charge in [0.1, 0.15) is 5.82 Å². The topological polar surface area (TPSA) is 183 Å². The number of carbonyl (C=O) groups is 3. The number of benzene rings is 6. The molecule has 12 rings (SSSR count). The molecule has 118 heavy (non-hydrogen) atoms. The van der Waals surface area contributed by atoms with Crippen LogP contribution in [0.4, 0.5) is 34.3 Å². The lowest BCUT2D eigenvalue weighted by molar-refractivity contribution is -0.115. The summed E-state index contributed by atoms with van der Waals surface area (Å²) in [4.78, 5) is 46.3. The fourth-order valence-electron chi connectivity index (χ4n) is 14.6. The number of hydrogen-bond donors (Lipinski definition) is 4. The third-order valence-corrected chi connectivity index (χ3v) is 22.4. The summed E-state index contributed by atoms with van der Waals surface area (Å²) >= 11 is 0. The number of hydrogen-bond acceptors (Lipinski definition) is 11. The maximum atomic E-state index is 12.7. The summed E-state index contributed by atoms with van der Waals surface area (Å²) in [6, 6.07) is 50.9. The van der Waals surface area contributed by atoms with E-state index in [0.29, 0.717) is 31.2 Å². The molecule has 3 aliphatic heterocycles. The van der Waals surface area contributed by atoms with Gasteiger partial charge in [-0.2, -0.15) is 4.31 Å². The largest absolute Gasteiger partial charge is 0.385 e. The summed E-state index contributed by atoms with van der Waals surface area (Å²) in [5.74, 6) is 0.941. The number of sulfonamides is 1. The van der Waals surface area contributed by atoms with Crippen LogP contribution >= 0.6 is 0 Å². The third-order valence-electron chi connectivity index (χ3n) is 20.4. The molecule has 0 atom stereocenters. The molecular weight excluding hydrogens is 1480 g/mol. The standard InChI is InChI=1S/C14H21NO3S.C14H19N.C14H21N.C13H19N.2C12H17NO.C11H16N2O.C11H18N2/c1-14(2,3)12-6-4-5-7-13(12)19(16,17)15-8-10-18-11-9-15;1-10-9-15(5)12-8-6-7-11(13(10)12)14(2,3)4;1-14(2,3)12-8-5-9-13-11(12)7-6-10-15(13)4;1-13(2,3)11-7-4-8-12-10(11)6-5-9-14-12;1-9(14)13-11-7-5-6-10(8-11)12(2,3)4;1-9(14)13-11-8-6-5-7-10(11)12(2,3)4;1-8(14)13-9-6-5-7-12-10(9)11(2,3)4;1-11(2,3)9-7-6-8-12-10(9)13(4)5/h4-7H,8-11H2,1-3H3;6-9H,1-5H3;5,8-9H,6-7,10H2,1-4H3;4,7-8,14H,5-6,9H2,1-3H3;2*5-8H,1-4H3,(H,13,14);5-7H,1-4H3,(H,13,14);6-8H,1-5H3. The normalized spacial score (nSPS) is 13.7. The fourth-order valence-corrected chi connectivity index (χ4v) is 16.4. The van der Waals surface area contributed by atoms with Gasteiger partial charge in [0.05, 0.1) is 29.5 Å². The van der Waals surface area contributed by atoms with E-state index < -0.39 is 10.0 Å². The minimum Gasteiger partial charge on any atom is -0.385 e. The van der Waals surface area contributed by atoms with Gasteiger partial charge < -0.3 is 40.4 Å². The molecule has 0 radical (unpaired) electrons. The molecule has 1 fully saturated rings. The highest BCUT2D eigenvalue weighted by Gasteiger charge is 2.32. The number of pyridine rings is 2. The van der Waals surface area contributed by atoms with E-state index in [9.17, 15) is 22.8 Å². The molecule has 4 N–H and O–H groups in total. The zero-order valence-corrected chi connectivity index (χ0v) is 79.1. The van der Waals surface area contributed by atoms with Crippen molar-refractivity contribution < 1.29 is 27.5 Å². The van der Waals surface area contributed by atoms with E-state index >= 15 is 0 Å². The number of nitrogens with zero attached hydrogens (tertiary/aromatic N) is 6. The number of aryl methyl sites for hydroxylation is 2. The zero-order chi connectivity index (χ0) is 88.9. The van der Waals surface area contributed by atoms with E-state index in [2.05, 4.69) is 285 Å². The lowest BCUT2D eigenvalue weighted by Crippen LogP contribution is -2.41. The lowest BCUT2D eigenvalue weighted by atomic mass is 9.81. The van der Waals surface area contributed by atoms with E-state index in [4.69, 9.17) is 4.74 Å². The van der Waals surface area contributed by atoms with Crippen LogP contribution in [-0.4, -0.2) is 106 Å². The number of amides is 3. The van der Waals surface area contributed by atoms with Gasteiger partial charge in [-0.05, 0) is 181 Å². The molecule has 6 heterocycles. The first-order valence-corrected chi connectivity index (χ1v) is 43.4. The number of aromatic nitrogens is 3. The summed E-state index contributed by atoms with van der Waals surface area (Å²) < 4.78 is 34.4. The minimum atomic E-state index is -3.42. The van der Waals surface area contributed by atoms with Crippen molar-refractivity contribution in [1.29, 1.82) is 0 Å². The van der Waals surface area contributed by atoms with Gasteiger partial charge >= 0.3 is 0 Å². The van der Waals surface area contributed by atoms with Gasteiger partial charge in [0.15, 0.2) is 0 Å². The number of para-hydroxylation sites is 1. The molecule has 3 aromatic heterocycles. The number of carbonyl (C=O) groups excluding carboxylic acids is 3. The SMILES string of the molecule is CC(=O)Nc1cccc(C(C)(C)C)c1.CC(=O)Nc1ccccc1C(C)(C)C.CC(=O)Nc1cccnc1C(C)(C)C.CC(C)(C)c1cccc2c1CCCN2.CC(C)(C)c1ccccc1S(=O)(=O)N1CCOCC1.CN(C)c1ncccc1C(C)(C)C.CN1CCCc2c1cccc2C(C)(C)C.Cc1cn(C)c2cccc(C(C)(C)C)c12. The van der Waals surface area contributed by atoms with Crippen molar-refractivity contribution in [2.45, 2.75) is 268 Å². The van der Waals surface area contributed by atoms with Gasteiger partial charge in [0.25, 0.3) is 0 Å². The third kappa shape index (κ3) is 30.0. The number of morpholine rings is 1. The molecule has 17 heteroatoms. The first kappa shape index (κ1) is 99.4. The number of fused-ring (bicyclic) bond motifs is 3. The maximum absolute atomic E-state index is 12.7. The monoisotopic (exact) mass is 1630 g/mol. The second-order valence-electron chi connectivity index (χ2n) is 39.7. The molecule has 16 nitrogen and oxygen atoms in total. The number of nitrogens with one attached hydrogen (secondary N) is 4. The summed E-state index contributed by atoms with van der Waals surface area (Å²) in [7, 11) is 4.94. The zero-order valence-electron chi connectivity index (χ0n) is 78.3. The Bertz CT molecular complexity index is 4790. The molecule has 6 aromatic carbocycles. The van der Waals surface area contributed by atoms with Crippen LogP contribution in [0.5, 0.6) is 0 Å². The lowest BCUT2D eigenvalue weighted by Gasteiger charge is -2.32. The molecule has 3 amide bonds. The van der Waals surface area contributed by atoms with Crippen molar-refractivity contribution in [1.82, 2.24) is 18.8 Å². The predicted molar refractivity (Wildman–Crippen MR) is 503 cm³/mol. The van der Waals surface area contributed by atoms with E-state index in [0.717, 1.165) is 46.2 Å². The Morgan fingerprint density at radius 1 is 0.466 bits per heavy atom. The molecule has 0 aliphatic carbocycles. The number of anilines is 6. The molecule has 644 valence electrons. The van der Waals surface area contributed by atoms with Crippen molar-refractivity contribution in [3.05, 3.63) is 232 Å². The Kier molecular flexibility index (Phi) is 35.5. The van der Waals surface area contributed by atoms with Crippen molar-refractivity contribution in [2.24, 2.45) is 7.05 Å². The van der Waals surface area contributed by atoms with Gasteiger partial charge in [-0.3, -0.25) is 19.4 Å². The van der Waals surface area contributed by atoms with Crippen LogP contribution in [0.2, 0.25) is 0 Å². The van der Waals surface area contributed by atoms with Gasteiger partial charge in [-0.1, -0.05) is 257 Å². The van der Waals surface area contributed by atoms with Crippen LogP contribution < -0.4 is 31.1 Å². The average molecular weight is 1630 g/mol. The summed E-state index contributed by atoms with van der Waals surface area (Å²) in [5, 5.41) is 13.3. The molecule has 1 saturated heterocycles. The summed E-state index contributed by atoms with van der Waals surface area (Å²) in [6.45, 7) is 63.2. The van der Waals surface area contributed by atoms with E-state index in [-0.39, 0.29) is 61.0 Å². The first-order valence-electron chi connectivity index (χ1n) is 42.0. The highest BCUT2D eigenvalue weighted by atomic mass is 32.2. The van der Waals surface area contributed by atoms with Crippen LogP contribution in [0, 0.1) is 6.92 Å². The molecular formula is C101H148N10O6S. The van der Waals surface area contributed by atoms with Crippen LogP contribution in [0.1, 0.15) is 261 Å². The molecule has 9 aromatic rings. The number of ether oxygens (including phenoxy) is 1. The van der Waals surface area contributed by atoms with Gasteiger partial charge in [-0.15, -0.1) is 0 Å². The fraction of sp³-hybridized carbons (Fsp3) is 0.495. The molecule has 0 unspecified atom stereocenters. The van der Waals surface area contributed by atoms with E-state index in [1.54, 1.807) is 23.9 Å². The first-order chi connectivity index (χ1) is 54.5.